The van der Waals surface area contributed by atoms with Crippen LogP contribution >= 0.6 is 0 Å². The van der Waals surface area contributed by atoms with E-state index in [0.29, 0.717) is 47.3 Å². The lowest BCUT2D eigenvalue weighted by Crippen LogP contribution is -2.52. The number of carbonyl (C=O) groups is 5. The van der Waals surface area contributed by atoms with Crippen molar-refractivity contribution in [2.24, 2.45) is 0 Å². The molecule has 5 amide bonds. The number of nitrogen functional groups attached to an aromatic ring is 1. The van der Waals surface area contributed by atoms with Crippen LogP contribution in [0.4, 0.5) is 11.5 Å². The summed E-state index contributed by atoms with van der Waals surface area (Å²) in [6.07, 6.45) is 5.97. The molecule has 57 heavy (non-hydrogen) atoms. The predicted octanol–water partition coefficient (Wildman–Crippen LogP) is 3.53. The first-order valence-corrected chi connectivity index (χ1v) is 20.1. The molecule has 16 heteroatoms. The summed E-state index contributed by atoms with van der Waals surface area (Å²) in [7, 11) is -3.75. The van der Waals surface area contributed by atoms with Crippen LogP contribution in [-0.4, -0.2) is 72.0 Å². The summed E-state index contributed by atoms with van der Waals surface area (Å²) in [6.45, 7) is 0.627. The number of nitrogens with two attached hydrogens (primary N) is 1. The lowest BCUT2D eigenvalue weighted by Gasteiger charge is -2.29. The summed E-state index contributed by atoms with van der Waals surface area (Å²) in [4.78, 5) is 72.1. The Morgan fingerprint density at radius 3 is 2.46 bits per heavy atom. The Balaban J connectivity index is 0.868. The molecule has 0 radical (unpaired) electrons. The maximum absolute atomic E-state index is 13.0. The van der Waals surface area contributed by atoms with Gasteiger partial charge < -0.3 is 21.3 Å². The van der Waals surface area contributed by atoms with Crippen LogP contribution in [0.3, 0.4) is 0 Å². The molecule has 0 aliphatic carbocycles. The smallest absolute Gasteiger partial charge is 0.278 e. The highest BCUT2D eigenvalue weighted by atomic mass is 32.2. The first kappa shape index (κ1) is 40.2. The third-order valence-corrected chi connectivity index (χ3v) is 11.0. The molecular formula is C41H42N8O7S. The molecule has 2 aliphatic heterocycles. The lowest BCUT2D eigenvalue weighted by molar-refractivity contribution is -0.137. The van der Waals surface area contributed by atoms with Crippen LogP contribution in [-0.2, 0) is 31.0 Å². The third-order valence-electron chi connectivity index (χ3n) is 9.56. The lowest BCUT2D eigenvalue weighted by atomic mass is 10.0. The number of piperidine rings is 1. The van der Waals surface area contributed by atoms with Crippen molar-refractivity contribution in [3.05, 3.63) is 101 Å². The molecule has 1 saturated heterocycles. The standard InChI is InChI=1S/C41H42N8O7S/c42-38-37(40(53)46-29-13-5-4-6-14-29)47-33(25-44-38)28-17-19-30(20-18-28)57(55,56)45-24-8-3-1-2-7-16-35(50)43-23-10-12-27-11-9-15-31-32(27)26-49(41(31)54)34-21-22-36(51)48-39(34)52/h4-6,9,11,13-15,17-20,25,34,45H,1-3,7-8,16,21-24,26H2,(H2,42,44)(H,43,50)(H,46,53)(H,48,51,52). The summed E-state index contributed by atoms with van der Waals surface area (Å²) >= 11 is 0. The quantitative estimate of drug-likeness (QED) is 0.0670. The molecule has 6 rings (SSSR count). The molecule has 1 fully saturated rings. The number of benzene rings is 3. The van der Waals surface area contributed by atoms with Gasteiger partial charge in [0.15, 0.2) is 11.5 Å². The van der Waals surface area contributed by atoms with Gasteiger partial charge in [0, 0.05) is 48.3 Å². The van der Waals surface area contributed by atoms with Gasteiger partial charge in [0.05, 0.1) is 23.3 Å². The van der Waals surface area contributed by atoms with E-state index in [0.717, 1.165) is 24.8 Å². The molecule has 1 atom stereocenters. The number of hydrogen-bond donors (Lipinski definition) is 5. The SMILES string of the molecule is Nc1ncc(-c2ccc(S(=O)(=O)NCCCCCCCC(=O)NCC#Cc3cccc4c3CN(C3CCC(=O)NC3=O)C4=O)cc2)nc1C(=O)Nc1ccccc1. The minimum atomic E-state index is -3.75. The van der Waals surface area contributed by atoms with Gasteiger partial charge in [-0.2, -0.15) is 0 Å². The van der Waals surface area contributed by atoms with Crippen LogP contribution in [0, 0.1) is 11.8 Å². The van der Waals surface area contributed by atoms with Gasteiger partial charge in [0.25, 0.3) is 11.8 Å². The molecular weight excluding hydrogens is 749 g/mol. The summed E-state index contributed by atoms with van der Waals surface area (Å²) < 4.78 is 28.4. The maximum Gasteiger partial charge on any atom is 0.278 e. The molecule has 294 valence electrons. The first-order valence-electron chi connectivity index (χ1n) is 18.6. The number of anilines is 2. The molecule has 0 saturated carbocycles. The van der Waals surface area contributed by atoms with E-state index in [1.807, 2.05) is 6.07 Å². The van der Waals surface area contributed by atoms with Gasteiger partial charge in [-0.05, 0) is 61.2 Å². The number of para-hydroxylation sites is 1. The fourth-order valence-electron chi connectivity index (χ4n) is 6.53. The monoisotopic (exact) mass is 790 g/mol. The Labute approximate surface area is 330 Å². The van der Waals surface area contributed by atoms with Crippen molar-refractivity contribution in [2.75, 3.05) is 24.1 Å². The van der Waals surface area contributed by atoms with Crippen LogP contribution in [0.5, 0.6) is 0 Å². The summed E-state index contributed by atoms with van der Waals surface area (Å²) in [6, 6.07) is 19.5. The number of unbranched alkanes of at least 4 members (excludes halogenated alkanes) is 4. The van der Waals surface area contributed by atoms with Crippen LogP contribution in [0.1, 0.15) is 83.3 Å². The van der Waals surface area contributed by atoms with Gasteiger partial charge in [-0.15, -0.1) is 0 Å². The number of sulfonamides is 1. The average molecular weight is 791 g/mol. The molecule has 2 aliphatic rings. The van der Waals surface area contributed by atoms with Gasteiger partial charge in [-0.3, -0.25) is 29.3 Å². The van der Waals surface area contributed by atoms with Crippen molar-refractivity contribution in [2.45, 2.75) is 68.8 Å². The van der Waals surface area contributed by atoms with E-state index in [2.05, 4.69) is 42.5 Å². The van der Waals surface area contributed by atoms with Crippen LogP contribution in [0.2, 0.25) is 0 Å². The van der Waals surface area contributed by atoms with Gasteiger partial charge in [0.2, 0.25) is 27.7 Å². The molecule has 1 unspecified atom stereocenters. The van der Waals surface area contributed by atoms with Gasteiger partial charge >= 0.3 is 0 Å². The van der Waals surface area contributed by atoms with Crippen molar-refractivity contribution in [1.29, 1.82) is 0 Å². The number of nitrogens with zero attached hydrogens (tertiary/aromatic N) is 3. The Hall–Kier alpha value is -6.44. The van der Waals surface area contributed by atoms with E-state index in [1.165, 1.54) is 23.2 Å². The Morgan fingerprint density at radius 1 is 0.930 bits per heavy atom. The van der Waals surface area contributed by atoms with E-state index >= 15 is 0 Å². The second kappa shape index (κ2) is 18.5. The molecule has 3 aromatic carbocycles. The van der Waals surface area contributed by atoms with E-state index < -0.39 is 27.9 Å². The van der Waals surface area contributed by atoms with Crippen LogP contribution in [0.25, 0.3) is 11.3 Å². The largest absolute Gasteiger partial charge is 0.382 e. The van der Waals surface area contributed by atoms with Gasteiger partial charge in [0.1, 0.15) is 6.04 Å². The topological polar surface area (TPSA) is 223 Å². The fourth-order valence-corrected chi connectivity index (χ4v) is 7.60. The molecule has 4 aromatic rings. The minimum Gasteiger partial charge on any atom is -0.382 e. The highest BCUT2D eigenvalue weighted by Crippen LogP contribution is 2.29. The number of fused-ring (bicyclic) bond motifs is 1. The number of aromatic nitrogens is 2. The van der Waals surface area contributed by atoms with Crippen molar-refractivity contribution in [1.82, 2.24) is 30.2 Å². The summed E-state index contributed by atoms with van der Waals surface area (Å²) in [5, 5.41) is 7.82. The van der Waals surface area contributed by atoms with Crippen molar-refractivity contribution >= 4 is 51.1 Å². The molecule has 1 aromatic heterocycles. The second-order valence-electron chi connectivity index (χ2n) is 13.6. The van der Waals surface area contributed by atoms with Crippen LogP contribution < -0.4 is 26.4 Å². The first-order chi connectivity index (χ1) is 27.5. The van der Waals surface area contributed by atoms with Gasteiger partial charge in [-0.1, -0.05) is 67.5 Å². The Kier molecular flexibility index (Phi) is 13.0. The normalized spacial score (nSPS) is 15.0. The molecule has 6 N–H and O–H groups in total. The number of nitrogens with one attached hydrogen (secondary N) is 4. The Bertz CT molecular complexity index is 2340. The zero-order valence-electron chi connectivity index (χ0n) is 31.0. The number of rotatable bonds is 15. The molecule has 0 bridgehead atoms. The number of hydrogen-bond acceptors (Lipinski definition) is 10. The summed E-state index contributed by atoms with van der Waals surface area (Å²) in [5.41, 5.74) is 9.23. The zero-order valence-corrected chi connectivity index (χ0v) is 31.9. The van der Waals surface area contributed by atoms with E-state index in [4.69, 9.17) is 5.73 Å². The Morgan fingerprint density at radius 2 is 1.68 bits per heavy atom. The highest BCUT2D eigenvalue weighted by molar-refractivity contribution is 7.89. The highest BCUT2D eigenvalue weighted by Gasteiger charge is 2.39. The van der Waals surface area contributed by atoms with Gasteiger partial charge in [-0.25, -0.2) is 23.1 Å². The zero-order chi connectivity index (χ0) is 40.4. The predicted molar refractivity (Wildman–Crippen MR) is 212 cm³/mol. The van der Waals surface area contributed by atoms with Crippen LogP contribution in [0.15, 0.2) is 83.9 Å². The average Bonchev–Trinajstić information content (AvgIpc) is 3.54. The molecule has 0 spiro atoms. The number of imide groups is 1. The number of carbonyl (C=O) groups excluding carboxylic acids is 5. The van der Waals surface area contributed by atoms with E-state index in [1.54, 1.807) is 54.6 Å². The minimum absolute atomic E-state index is 0.0309. The van der Waals surface area contributed by atoms with Crippen molar-refractivity contribution in [3.8, 4) is 23.1 Å². The van der Waals surface area contributed by atoms with Crippen molar-refractivity contribution < 1.29 is 32.4 Å². The van der Waals surface area contributed by atoms with E-state index in [9.17, 15) is 32.4 Å². The van der Waals surface area contributed by atoms with E-state index in [-0.39, 0.29) is 66.6 Å². The third kappa shape index (κ3) is 10.3. The number of amides is 5. The summed E-state index contributed by atoms with van der Waals surface area (Å²) in [5.74, 6) is 4.23. The molecule has 15 nitrogen and oxygen atoms in total. The molecule has 3 heterocycles. The van der Waals surface area contributed by atoms with Crippen molar-refractivity contribution in [3.63, 3.8) is 0 Å². The maximum atomic E-state index is 13.0. The second-order valence-corrected chi connectivity index (χ2v) is 15.3. The fraction of sp³-hybridized carbons (Fsp3) is 0.293.